The standard InChI is InChI=1S/C18H24BrF3N2O.ClH/c1-2-3-4-5-6-17(24-9-7-23-8-10-24)14-11-15(19)13-16(12-14)25-18(20,21)22;/h2,11-13,17,23H,1,3-10H2;1H/t17-;/m1./s1. The van der Waals surface area contributed by atoms with E-state index in [9.17, 15) is 13.2 Å². The van der Waals surface area contributed by atoms with Gasteiger partial charge in [0, 0.05) is 36.7 Å². The van der Waals surface area contributed by atoms with E-state index in [-0.39, 0.29) is 24.2 Å². The first-order valence-corrected chi connectivity index (χ1v) is 9.30. The Morgan fingerprint density at radius 3 is 2.54 bits per heavy atom. The highest BCUT2D eigenvalue weighted by molar-refractivity contribution is 9.10. The fourth-order valence-corrected chi connectivity index (χ4v) is 3.64. The maximum absolute atomic E-state index is 12.6. The molecule has 1 aliphatic heterocycles. The Hall–Kier alpha value is -0.760. The lowest BCUT2D eigenvalue weighted by Crippen LogP contribution is -2.45. The van der Waals surface area contributed by atoms with Gasteiger partial charge < -0.3 is 10.1 Å². The van der Waals surface area contributed by atoms with Crippen LogP contribution in [0.4, 0.5) is 13.2 Å². The minimum Gasteiger partial charge on any atom is -0.406 e. The van der Waals surface area contributed by atoms with Crippen molar-refractivity contribution in [2.75, 3.05) is 26.2 Å². The Morgan fingerprint density at radius 2 is 1.92 bits per heavy atom. The van der Waals surface area contributed by atoms with E-state index in [1.54, 1.807) is 0 Å². The number of alkyl halides is 3. The van der Waals surface area contributed by atoms with Crippen LogP contribution >= 0.6 is 28.3 Å². The van der Waals surface area contributed by atoms with E-state index >= 15 is 0 Å². The molecule has 0 saturated carbocycles. The van der Waals surface area contributed by atoms with Crippen molar-refractivity contribution in [3.63, 3.8) is 0 Å². The Labute approximate surface area is 167 Å². The van der Waals surface area contributed by atoms with E-state index in [1.807, 2.05) is 12.1 Å². The average Bonchev–Trinajstić information content (AvgIpc) is 2.53. The van der Waals surface area contributed by atoms with Gasteiger partial charge in [0.2, 0.25) is 0 Å². The second-order valence-electron chi connectivity index (χ2n) is 6.14. The summed E-state index contributed by atoms with van der Waals surface area (Å²) < 4.78 is 42.5. The van der Waals surface area contributed by atoms with Crippen molar-refractivity contribution in [2.45, 2.75) is 38.1 Å². The van der Waals surface area contributed by atoms with Gasteiger partial charge >= 0.3 is 6.36 Å². The van der Waals surface area contributed by atoms with Gasteiger partial charge in [0.15, 0.2) is 0 Å². The minimum absolute atomic E-state index is 0. The second kappa shape index (κ2) is 11.2. The third-order valence-corrected chi connectivity index (χ3v) is 4.70. The molecule has 26 heavy (non-hydrogen) atoms. The normalized spacial score (nSPS) is 16.6. The molecule has 0 unspecified atom stereocenters. The van der Waals surface area contributed by atoms with Crippen LogP contribution in [0.5, 0.6) is 5.75 Å². The van der Waals surface area contributed by atoms with E-state index in [0.29, 0.717) is 4.47 Å². The topological polar surface area (TPSA) is 24.5 Å². The number of rotatable bonds is 8. The molecule has 0 radical (unpaired) electrons. The van der Waals surface area contributed by atoms with Crippen LogP contribution in [0.3, 0.4) is 0 Å². The SMILES string of the molecule is C=CCCCC[C@H](c1cc(Br)cc(OC(F)(F)F)c1)N1CCNCC1.Cl. The molecule has 1 saturated heterocycles. The van der Waals surface area contributed by atoms with Gasteiger partial charge in [0.05, 0.1) is 0 Å². The maximum Gasteiger partial charge on any atom is 0.573 e. The van der Waals surface area contributed by atoms with E-state index in [0.717, 1.165) is 57.4 Å². The zero-order valence-corrected chi connectivity index (χ0v) is 16.9. The first-order chi connectivity index (χ1) is 11.9. The van der Waals surface area contributed by atoms with E-state index < -0.39 is 6.36 Å². The Bertz CT molecular complexity index is 566. The summed E-state index contributed by atoms with van der Waals surface area (Å²) in [4.78, 5) is 2.34. The van der Waals surface area contributed by atoms with Crippen molar-refractivity contribution in [3.8, 4) is 5.75 Å². The Morgan fingerprint density at radius 1 is 1.23 bits per heavy atom. The smallest absolute Gasteiger partial charge is 0.406 e. The summed E-state index contributed by atoms with van der Waals surface area (Å²) in [6.45, 7) is 7.28. The Balaban J connectivity index is 0.00000338. The second-order valence-corrected chi connectivity index (χ2v) is 7.06. The quantitative estimate of drug-likeness (QED) is 0.414. The van der Waals surface area contributed by atoms with Gasteiger partial charge in [0.1, 0.15) is 5.75 Å². The number of hydrogen-bond donors (Lipinski definition) is 1. The molecule has 8 heteroatoms. The fourth-order valence-electron chi connectivity index (χ4n) is 3.15. The molecule has 0 spiro atoms. The zero-order valence-electron chi connectivity index (χ0n) is 14.5. The van der Waals surface area contributed by atoms with Crippen molar-refractivity contribution >= 4 is 28.3 Å². The molecular weight excluding hydrogens is 433 g/mol. The number of allylic oxidation sites excluding steroid dienone is 1. The van der Waals surface area contributed by atoms with Crippen molar-refractivity contribution in [1.82, 2.24) is 10.2 Å². The van der Waals surface area contributed by atoms with Crippen molar-refractivity contribution in [1.29, 1.82) is 0 Å². The van der Waals surface area contributed by atoms with E-state index in [2.05, 4.69) is 37.5 Å². The first-order valence-electron chi connectivity index (χ1n) is 8.51. The van der Waals surface area contributed by atoms with Gasteiger partial charge in [-0.1, -0.05) is 28.4 Å². The monoisotopic (exact) mass is 456 g/mol. The van der Waals surface area contributed by atoms with Gasteiger partial charge in [-0.3, -0.25) is 4.90 Å². The molecule has 1 aromatic carbocycles. The molecule has 1 aromatic rings. The van der Waals surface area contributed by atoms with Crippen LogP contribution in [0.1, 0.15) is 37.3 Å². The maximum atomic E-state index is 12.6. The molecule has 1 N–H and O–H groups in total. The molecule has 3 nitrogen and oxygen atoms in total. The molecule has 1 heterocycles. The number of hydrogen-bond acceptors (Lipinski definition) is 3. The predicted octanol–water partition coefficient (Wildman–Crippen LogP) is 5.46. The van der Waals surface area contributed by atoms with Gasteiger partial charge in [-0.2, -0.15) is 0 Å². The molecule has 1 fully saturated rings. The zero-order chi connectivity index (χ0) is 18.3. The van der Waals surface area contributed by atoms with Crippen LogP contribution in [0.25, 0.3) is 0 Å². The number of unbranched alkanes of at least 4 members (excludes halogenated alkanes) is 2. The third-order valence-electron chi connectivity index (χ3n) is 4.24. The number of piperazine rings is 1. The van der Waals surface area contributed by atoms with Gasteiger partial charge in [-0.15, -0.1) is 32.2 Å². The van der Waals surface area contributed by atoms with E-state index in [1.165, 1.54) is 12.1 Å². The molecule has 1 aliphatic rings. The molecule has 2 rings (SSSR count). The summed E-state index contributed by atoms with van der Waals surface area (Å²) in [6, 6.07) is 4.84. The third kappa shape index (κ3) is 7.86. The van der Waals surface area contributed by atoms with Gasteiger partial charge in [0.25, 0.3) is 0 Å². The number of benzene rings is 1. The van der Waals surface area contributed by atoms with Crippen LogP contribution < -0.4 is 10.1 Å². The Kier molecular flexibility index (Phi) is 10.00. The van der Waals surface area contributed by atoms with Crippen molar-refractivity contribution < 1.29 is 17.9 Å². The number of nitrogens with one attached hydrogen (secondary N) is 1. The van der Waals surface area contributed by atoms with Crippen molar-refractivity contribution in [2.24, 2.45) is 0 Å². The highest BCUT2D eigenvalue weighted by Crippen LogP contribution is 2.34. The van der Waals surface area contributed by atoms with Crippen molar-refractivity contribution in [3.05, 3.63) is 40.9 Å². The summed E-state index contributed by atoms with van der Waals surface area (Å²) in [5.74, 6) is -0.178. The van der Waals surface area contributed by atoms with Crippen LogP contribution in [0, 0.1) is 0 Å². The summed E-state index contributed by atoms with van der Waals surface area (Å²) in [5, 5.41) is 3.31. The average molecular weight is 458 g/mol. The highest BCUT2D eigenvalue weighted by Gasteiger charge is 2.32. The fraction of sp³-hybridized carbons (Fsp3) is 0.556. The van der Waals surface area contributed by atoms with Gasteiger partial charge in [-0.25, -0.2) is 0 Å². The van der Waals surface area contributed by atoms with Crippen LogP contribution in [-0.2, 0) is 0 Å². The molecule has 0 amide bonds. The van der Waals surface area contributed by atoms with Gasteiger partial charge in [-0.05, 0) is 43.0 Å². The molecule has 0 aromatic heterocycles. The lowest BCUT2D eigenvalue weighted by Gasteiger charge is -2.35. The number of halogens is 5. The molecule has 0 aliphatic carbocycles. The van der Waals surface area contributed by atoms with Crippen LogP contribution in [-0.4, -0.2) is 37.4 Å². The predicted molar refractivity (Wildman–Crippen MR) is 104 cm³/mol. The first kappa shape index (κ1) is 23.3. The number of nitrogens with zero attached hydrogens (tertiary/aromatic N) is 1. The summed E-state index contributed by atoms with van der Waals surface area (Å²) in [7, 11) is 0. The molecular formula is C18H25BrClF3N2O. The highest BCUT2D eigenvalue weighted by atomic mass is 79.9. The lowest BCUT2D eigenvalue weighted by molar-refractivity contribution is -0.274. The molecule has 0 bridgehead atoms. The molecule has 148 valence electrons. The minimum atomic E-state index is -4.69. The van der Waals surface area contributed by atoms with Crippen LogP contribution in [0.2, 0.25) is 0 Å². The molecule has 1 atom stereocenters. The summed E-state index contributed by atoms with van der Waals surface area (Å²) in [5.41, 5.74) is 0.856. The van der Waals surface area contributed by atoms with Crippen LogP contribution in [0.15, 0.2) is 35.3 Å². The lowest BCUT2D eigenvalue weighted by atomic mass is 9.98. The summed E-state index contributed by atoms with van der Waals surface area (Å²) >= 11 is 3.31. The number of ether oxygens (including phenoxy) is 1. The van der Waals surface area contributed by atoms with E-state index in [4.69, 9.17) is 0 Å². The summed E-state index contributed by atoms with van der Waals surface area (Å²) in [6.07, 6.45) is 1.10. The largest absolute Gasteiger partial charge is 0.573 e.